The van der Waals surface area contributed by atoms with Crippen molar-refractivity contribution in [1.82, 2.24) is 4.90 Å². The molecule has 0 aliphatic heterocycles. The summed E-state index contributed by atoms with van der Waals surface area (Å²) in [6.45, 7) is 0.209. The van der Waals surface area contributed by atoms with Crippen molar-refractivity contribution >= 4 is 16.0 Å². The van der Waals surface area contributed by atoms with Gasteiger partial charge in [-0.1, -0.05) is 30.3 Å². The normalized spacial score (nSPS) is 11.2. The number of amides is 1. The van der Waals surface area contributed by atoms with Crippen LogP contribution in [0.3, 0.4) is 0 Å². The molecule has 34 heavy (non-hydrogen) atoms. The smallest absolute Gasteiger partial charge is 0.339 e. The van der Waals surface area contributed by atoms with E-state index in [0.29, 0.717) is 5.56 Å². The number of hydrogen-bond acceptors (Lipinski definition) is 6. The van der Waals surface area contributed by atoms with Crippen LogP contribution in [0.1, 0.15) is 15.9 Å². The van der Waals surface area contributed by atoms with Crippen LogP contribution in [0.2, 0.25) is 0 Å². The highest BCUT2D eigenvalue weighted by molar-refractivity contribution is 7.87. The summed E-state index contributed by atoms with van der Waals surface area (Å²) in [6.07, 6.45) is 0. The van der Waals surface area contributed by atoms with Crippen molar-refractivity contribution in [3.63, 3.8) is 0 Å². The minimum absolute atomic E-state index is 0.0533. The summed E-state index contributed by atoms with van der Waals surface area (Å²) >= 11 is 0. The molecule has 0 heterocycles. The Labute approximate surface area is 196 Å². The first-order chi connectivity index (χ1) is 16.3. The van der Waals surface area contributed by atoms with E-state index in [2.05, 4.69) is 0 Å². The summed E-state index contributed by atoms with van der Waals surface area (Å²) in [4.78, 5) is 13.9. The summed E-state index contributed by atoms with van der Waals surface area (Å²) in [6, 6.07) is 14.9. The first-order valence-electron chi connectivity index (χ1n) is 10.2. The predicted molar refractivity (Wildman–Crippen MR) is 120 cm³/mol. The quantitative estimate of drug-likeness (QED) is 0.399. The average molecular weight is 492 g/mol. The van der Waals surface area contributed by atoms with E-state index in [1.165, 1.54) is 49.5 Å². The molecule has 0 aliphatic rings. The minimum atomic E-state index is -4.40. The lowest BCUT2D eigenvalue weighted by molar-refractivity contribution is 0.0675. The van der Waals surface area contributed by atoms with Crippen molar-refractivity contribution in [1.29, 1.82) is 0 Å². The summed E-state index contributed by atoms with van der Waals surface area (Å²) in [5.41, 5.74) is 0.221. The van der Waals surface area contributed by atoms with Crippen molar-refractivity contribution in [2.24, 2.45) is 0 Å². The van der Waals surface area contributed by atoms with Crippen LogP contribution in [0.4, 0.5) is 8.78 Å². The van der Waals surface area contributed by atoms with Gasteiger partial charge < -0.3 is 18.6 Å². The summed E-state index contributed by atoms with van der Waals surface area (Å²) in [5, 5.41) is 0. The number of methoxy groups -OCH3 is 2. The van der Waals surface area contributed by atoms with E-state index < -0.39 is 32.6 Å². The molecule has 0 bridgehead atoms. The summed E-state index contributed by atoms with van der Waals surface area (Å²) in [7, 11) is -1.68. The molecule has 7 nitrogen and oxygen atoms in total. The molecule has 0 unspecified atom stereocenters. The van der Waals surface area contributed by atoms with Gasteiger partial charge in [0.25, 0.3) is 5.91 Å². The maximum atomic E-state index is 14.2. The number of ether oxygens (including phenoxy) is 2. The van der Waals surface area contributed by atoms with E-state index in [9.17, 15) is 22.0 Å². The molecule has 180 valence electrons. The molecule has 10 heteroatoms. The highest BCUT2D eigenvalue weighted by atomic mass is 32.2. The van der Waals surface area contributed by atoms with Crippen LogP contribution >= 0.6 is 0 Å². The zero-order valence-electron chi connectivity index (χ0n) is 18.5. The fourth-order valence-corrected chi connectivity index (χ4v) is 4.13. The Kier molecular flexibility index (Phi) is 8.19. The van der Waals surface area contributed by atoms with Crippen LogP contribution in [0.5, 0.6) is 11.5 Å². The van der Waals surface area contributed by atoms with Gasteiger partial charge in [-0.25, -0.2) is 8.78 Å². The molecule has 3 rings (SSSR count). The zero-order chi connectivity index (χ0) is 24.7. The zero-order valence-corrected chi connectivity index (χ0v) is 19.3. The largest absolute Gasteiger partial charge is 0.494 e. The number of nitrogens with zero attached hydrogens (tertiary/aromatic N) is 1. The van der Waals surface area contributed by atoms with E-state index in [0.717, 1.165) is 12.1 Å². The van der Waals surface area contributed by atoms with Crippen LogP contribution in [-0.2, 0) is 21.4 Å². The van der Waals surface area contributed by atoms with Crippen LogP contribution in [0.15, 0.2) is 71.6 Å². The number of halogens is 2. The Morgan fingerprint density at radius 2 is 1.62 bits per heavy atom. The van der Waals surface area contributed by atoms with Crippen molar-refractivity contribution < 1.29 is 35.6 Å². The van der Waals surface area contributed by atoms with E-state index in [1.807, 2.05) is 0 Å². The van der Waals surface area contributed by atoms with Gasteiger partial charge in [0.15, 0.2) is 11.6 Å². The lowest BCUT2D eigenvalue weighted by Crippen LogP contribution is -2.34. The average Bonchev–Trinajstić information content (AvgIpc) is 2.82. The second-order valence-corrected chi connectivity index (χ2v) is 8.69. The maximum absolute atomic E-state index is 14.2. The van der Waals surface area contributed by atoms with Crippen molar-refractivity contribution in [3.8, 4) is 11.5 Å². The molecule has 0 aliphatic carbocycles. The fourth-order valence-electron chi connectivity index (χ4n) is 3.15. The SMILES string of the molecule is COCCN(Cc1ccccc1OS(=O)(=O)c1ccc(OC)c(F)c1)C(=O)c1ccccc1F. The molecule has 0 atom stereocenters. The lowest BCUT2D eigenvalue weighted by Gasteiger charge is -2.24. The first-order valence-corrected chi connectivity index (χ1v) is 11.6. The topological polar surface area (TPSA) is 82.1 Å². The third kappa shape index (κ3) is 5.89. The Morgan fingerprint density at radius 1 is 0.912 bits per heavy atom. The highest BCUT2D eigenvalue weighted by Gasteiger charge is 2.24. The molecule has 3 aromatic carbocycles. The number of carbonyl (C=O) groups excluding carboxylic acids is 1. The van der Waals surface area contributed by atoms with Gasteiger partial charge in [0.1, 0.15) is 16.5 Å². The van der Waals surface area contributed by atoms with Crippen LogP contribution in [-0.4, -0.2) is 46.6 Å². The van der Waals surface area contributed by atoms with Gasteiger partial charge in [0.05, 0.1) is 19.3 Å². The van der Waals surface area contributed by atoms with Crippen LogP contribution in [0, 0.1) is 11.6 Å². The van der Waals surface area contributed by atoms with Gasteiger partial charge >= 0.3 is 10.1 Å². The van der Waals surface area contributed by atoms with E-state index in [1.54, 1.807) is 24.3 Å². The van der Waals surface area contributed by atoms with Gasteiger partial charge in [-0.05, 0) is 36.4 Å². The molecular formula is C24H23F2NO6S. The number of carbonyl (C=O) groups is 1. The number of hydrogen-bond donors (Lipinski definition) is 0. The van der Waals surface area contributed by atoms with Gasteiger partial charge in [0.2, 0.25) is 0 Å². The molecule has 0 aromatic heterocycles. The Hall–Kier alpha value is -3.50. The lowest BCUT2D eigenvalue weighted by atomic mass is 10.1. The highest BCUT2D eigenvalue weighted by Crippen LogP contribution is 2.27. The standard InChI is InChI=1S/C24H23F2NO6S/c1-31-14-13-27(24(28)19-8-4-5-9-20(19)25)16-17-7-3-6-10-22(17)33-34(29,30)18-11-12-23(32-2)21(26)15-18/h3-12,15H,13-14,16H2,1-2H3. The van der Waals surface area contributed by atoms with Gasteiger partial charge in [-0.15, -0.1) is 0 Å². The monoisotopic (exact) mass is 491 g/mol. The van der Waals surface area contributed by atoms with Crippen molar-refractivity contribution in [3.05, 3.63) is 89.5 Å². The predicted octanol–water partition coefficient (Wildman–Crippen LogP) is 4.03. The van der Waals surface area contributed by atoms with E-state index >= 15 is 0 Å². The second-order valence-electron chi connectivity index (χ2n) is 7.14. The van der Waals surface area contributed by atoms with Gasteiger partial charge in [0, 0.05) is 25.8 Å². The Balaban J connectivity index is 1.90. The summed E-state index contributed by atoms with van der Waals surface area (Å²) in [5.74, 6) is -2.29. The molecule has 0 fully saturated rings. The molecule has 0 spiro atoms. The second kappa shape index (κ2) is 11.1. The Morgan fingerprint density at radius 3 is 2.29 bits per heavy atom. The number of para-hydroxylation sites is 1. The number of rotatable bonds is 10. The molecule has 0 saturated heterocycles. The van der Waals surface area contributed by atoms with E-state index in [-0.39, 0.29) is 36.8 Å². The van der Waals surface area contributed by atoms with Gasteiger partial charge in [-0.2, -0.15) is 8.42 Å². The molecule has 0 N–H and O–H groups in total. The maximum Gasteiger partial charge on any atom is 0.339 e. The third-order valence-electron chi connectivity index (χ3n) is 4.90. The van der Waals surface area contributed by atoms with Gasteiger partial charge in [-0.3, -0.25) is 4.79 Å². The summed E-state index contributed by atoms with van der Waals surface area (Å²) < 4.78 is 69.0. The minimum Gasteiger partial charge on any atom is -0.494 e. The van der Waals surface area contributed by atoms with Crippen molar-refractivity contribution in [2.45, 2.75) is 11.4 Å². The molecule has 3 aromatic rings. The van der Waals surface area contributed by atoms with Crippen LogP contribution < -0.4 is 8.92 Å². The Bertz CT molecular complexity index is 1270. The van der Waals surface area contributed by atoms with Crippen molar-refractivity contribution in [2.75, 3.05) is 27.4 Å². The van der Waals surface area contributed by atoms with Crippen LogP contribution in [0.25, 0.3) is 0 Å². The molecule has 0 radical (unpaired) electrons. The third-order valence-corrected chi connectivity index (χ3v) is 6.13. The molecular weight excluding hydrogens is 468 g/mol. The van der Waals surface area contributed by atoms with E-state index in [4.69, 9.17) is 13.7 Å². The number of benzene rings is 3. The molecule has 1 amide bonds. The molecule has 0 saturated carbocycles. The first kappa shape index (κ1) is 25.1. The fraction of sp³-hybridized carbons (Fsp3) is 0.208.